The van der Waals surface area contributed by atoms with E-state index in [0.717, 1.165) is 24.4 Å². The van der Waals surface area contributed by atoms with Crippen LogP contribution in [0.25, 0.3) is 0 Å². The highest BCUT2D eigenvalue weighted by Crippen LogP contribution is 2.29. The van der Waals surface area contributed by atoms with Crippen molar-refractivity contribution >= 4 is 11.7 Å². The highest BCUT2D eigenvalue weighted by atomic mass is 16.5. The van der Waals surface area contributed by atoms with Crippen LogP contribution in [0.4, 0.5) is 5.69 Å². The zero-order chi connectivity index (χ0) is 16.5. The third-order valence-electron chi connectivity index (χ3n) is 3.66. The first kappa shape index (κ1) is 18.3. The second-order valence-electron chi connectivity index (χ2n) is 5.49. The largest absolute Gasteiger partial charge is 0.492 e. The molecule has 0 amide bonds. The molecule has 1 rings (SSSR count). The Morgan fingerprint density at radius 3 is 2.73 bits per heavy atom. The third kappa shape index (κ3) is 5.93. The number of aliphatic carboxylic acids is 1. The minimum Gasteiger partial charge on any atom is -0.492 e. The van der Waals surface area contributed by atoms with Crippen LogP contribution in [0.15, 0.2) is 18.2 Å². The normalized spacial score (nSPS) is 12.0. The second kappa shape index (κ2) is 9.30. The summed E-state index contributed by atoms with van der Waals surface area (Å²) in [7, 11) is 1.89. The average Bonchev–Trinajstić information content (AvgIpc) is 2.50. The van der Waals surface area contributed by atoms with Crippen LogP contribution < -0.4 is 15.0 Å². The molecule has 0 aliphatic carbocycles. The minimum absolute atomic E-state index is 0.111. The number of rotatable bonds is 10. The maximum atomic E-state index is 10.7. The molecule has 1 atom stereocenters. The zero-order valence-corrected chi connectivity index (χ0v) is 14.1. The van der Waals surface area contributed by atoms with E-state index in [4.69, 9.17) is 9.84 Å². The molecule has 0 saturated heterocycles. The summed E-state index contributed by atoms with van der Waals surface area (Å²) in [4.78, 5) is 12.6. The van der Waals surface area contributed by atoms with Crippen LogP contribution in [-0.4, -0.2) is 37.3 Å². The molecular weight excluding hydrogens is 280 g/mol. The van der Waals surface area contributed by atoms with Gasteiger partial charge in [0.15, 0.2) is 0 Å². The summed E-state index contributed by atoms with van der Waals surface area (Å²) in [5.41, 5.74) is 2.09. The van der Waals surface area contributed by atoms with Gasteiger partial charge < -0.3 is 20.1 Å². The van der Waals surface area contributed by atoms with E-state index in [2.05, 4.69) is 25.2 Å². The second-order valence-corrected chi connectivity index (χ2v) is 5.49. The summed E-state index contributed by atoms with van der Waals surface area (Å²) in [5.74, 6) is 0.0121. The van der Waals surface area contributed by atoms with E-state index in [1.807, 2.05) is 31.0 Å². The fraction of sp³-hybridized carbons (Fsp3) is 0.588. The standard InChI is InChI=1S/C17H28N2O3/c1-5-13(3)18-12-14-7-8-15(16(11-14)22-6-2)19(4)10-9-17(20)21/h7-8,11,13,18H,5-6,9-10,12H2,1-4H3,(H,20,21). The van der Waals surface area contributed by atoms with Crippen LogP contribution in [0, 0.1) is 0 Å². The lowest BCUT2D eigenvalue weighted by Crippen LogP contribution is -2.25. The van der Waals surface area contributed by atoms with Crippen molar-refractivity contribution in [2.75, 3.05) is 25.1 Å². The van der Waals surface area contributed by atoms with E-state index in [-0.39, 0.29) is 6.42 Å². The fourth-order valence-corrected chi connectivity index (χ4v) is 2.08. The van der Waals surface area contributed by atoms with Crippen molar-refractivity contribution in [2.45, 2.75) is 46.2 Å². The number of carboxylic acid groups (broad SMARTS) is 1. The number of hydrogen-bond acceptors (Lipinski definition) is 4. The molecule has 0 aliphatic rings. The Balaban J connectivity index is 2.82. The van der Waals surface area contributed by atoms with E-state index in [0.29, 0.717) is 19.2 Å². The summed E-state index contributed by atoms with van der Waals surface area (Å²) in [6.07, 6.45) is 1.20. The molecule has 22 heavy (non-hydrogen) atoms. The Morgan fingerprint density at radius 2 is 2.14 bits per heavy atom. The minimum atomic E-state index is -0.792. The third-order valence-corrected chi connectivity index (χ3v) is 3.66. The van der Waals surface area contributed by atoms with Gasteiger partial charge in [-0.3, -0.25) is 4.79 Å². The number of ether oxygens (including phenoxy) is 1. The van der Waals surface area contributed by atoms with Crippen LogP contribution in [0.1, 0.15) is 39.2 Å². The summed E-state index contributed by atoms with van der Waals surface area (Å²) < 4.78 is 5.72. The van der Waals surface area contributed by atoms with Crippen LogP contribution in [0.5, 0.6) is 5.75 Å². The molecule has 0 radical (unpaired) electrons. The van der Waals surface area contributed by atoms with Crippen LogP contribution >= 0.6 is 0 Å². The van der Waals surface area contributed by atoms with Gasteiger partial charge in [-0.05, 0) is 38.0 Å². The van der Waals surface area contributed by atoms with E-state index in [1.165, 1.54) is 5.56 Å². The molecule has 0 aliphatic heterocycles. The molecule has 0 fully saturated rings. The fourth-order valence-electron chi connectivity index (χ4n) is 2.08. The topological polar surface area (TPSA) is 61.8 Å². The lowest BCUT2D eigenvalue weighted by Gasteiger charge is -2.22. The van der Waals surface area contributed by atoms with Crippen molar-refractivity contribution in [2.24, 2.45) is 0 Å². The van der Waals surface area contributed by atoms with Crippen molar-refractivity contribution in [1.29, 1.82) is 0 Å². The molecule has 5 heteroatoms. The van der Waals surface area contributed by atoms with Gasteiger partial charge in [-0.25, -0.2) is 0 Å². The molecule has 1 unspecified atom stereocenters. The number of anilines is 1. The predicted octanol–water partition coefficient (Wildman–Crippen LogP) is 2.88. The molecule has 0 bridgehead atoms. The van der Waals surface area contributed by atoms with Gasteiger partial charge in [-0.2, -0.15) is 0 Å². The van der Waals surface area contributed by atoms with Gasteiger partial charge in [0.05, 0.1) is 18.7 Å². The van der Waals surface area contributed by atoms with Crippen molar-refractivity contribution < 1.29 is 14.6 Å². The number of carboxylic acids is 1. The number of carbonyl (C=O) groups is 1. The molecule has 5 nitrogen and oxygen atoms in total. The van der Waals surface area contributed by atoms with Gasteiger partial charge in [0.25, 0.3) is 0 Å². The maximum Gasteiger partial charge on any atom is 0.305 e. The first-order valence-corrected chi connectivity index (χ1v) is 7.89. The predicted molar refractivity (Wildman–Crippen MR) is 89.7 cm³/mol. The van der Waals surface area contributed by atoms with Crippen molar-refractivity contribution in [3.05, 3.63) is 23.8 Å². The van der Waals surface area contributed by atoms with Crippen molar-refractivity contribution in [3.8, 4) is 5.75 Å². The van der Waals surface area contributed by atoms with Gasteiger partial charge in [0.1, 0.15) is 5.75 Å². The molecule has 0 aromatic heterocycles. The number of benzene rings is 1. The first-order chi connectivity index (χ1) is 10.5. The number of nitrogens with zero attached hydrogens (tertiary/aromatic N) is 1. The quantitative estimate of drug-likeness (QED) is 0.696. The highest BCUT2D eigenvalue weighted by molar-refractivity contribution is 5.68. The van der Waals surface area contributed by atoms with E-state index in [1.54, 1.807) is 0 Å². The van der Waals surface area contributed by atoms with Gasteiger partial charge in [-0.1, -0.05) is 13.0 Å². The summed E-state index contributed by atoms with van der Waals surface area (Å²) in [6.45, 7) is 8.11. The lowest BCUT2D eigenvalue weighted by atomic mass is 10.1. The average molecular weight is 308 g/mol. The Bertz CT molecular complexity index is 477. The monoisotopic (exact) mass is 308 g/mol. The molecule has 2 N–H and O–H groups in total. The highest BCUT2D eigenvalue weighted by Gasteiger charge is 2.11. The van der Waals surface area contributed by atoms with Crippen molar-refractivity contribution in [1.82, 2.24) is 5.32 Å². The molecule has 0 saturated carbocycles. The van der Waals surface area contributed by atoms with Gasteiger partial charge in [0, 0.05) is 26.2 Å². The van der Waals surface area contributed by atoms with Crippen LogP contribution in [-0.2, 0) is 11.3 Å². The molecule has 1 aromatic rings. The molecule has 1 aromatic carbocycles. The Labute approximate surface area is 133 Å². The summed E-state index contributed by atoms with van der Waals surface area (Å²) in [6, 6.07) is 6.57. The Morgan fingerprint density at radius 1 is 1.41 bits per heavy atom. The molecule has 0 spiro atoms. The SMILES string of the molecule is CCOc1cc(CNC(C)CC)ccc1N(C)CCC(=O)O. The van der Waals surface area contributed by atoms with Crippen LogP contribution in [0.2, 0.25) is 0 Å². The van der Waals surface area contributed by atoms with E-state index < -0.39 is 5.97 Å². The van der Waals surface area contributed by atoms with Crippen molar-refractivity contribution in [3.63, 3.8) is 0 Å². The number of nitrogens with one attached hydrogen (secondary N) is 1. The lowest BCUT2D eigenvalue weighted by molar-refractivity contribution is -0.136. The smallest absolute Gasteiger partial charge is 0.305 e. The molecular formula is C17H28N2O3. The first-order valence-electron chi connectivity index (χ1n) is 7.89. The van der Waals surface area contributed by atoms with Crippen LogP contribution in [0.3, 0.4) is 0 Å². The molecule has 0 heterocycles. The molecule has 124 valence electrons. The zero-order valence-electron chi connectivity index (χ0n) is 14.1. The van der Waals surface area contributed by atoms with Gasteiger partial charge in [-0.15, -0.1) is 0 Å². The maximum absolute atomic E-state index is 10.7. The summed E-state index contributed by atoms with van der Waals surface area (Å²) in [5, 5.41) is 12.3. The van der Waals surface area contributed by atoms with E-state index in [9.17, 15) is 4.79 Å². The van der Waals surface area contributed by atoms with Gasteiger partial charge >= 0.3 is 5.97 Å². The van der Waals surface area contributed by atoms with Gasteiger partial charge in [0.2, 0.25) is 0 Å². The summed E-state index contributed by atoms with van der Waals surface area (Å²) >= 11 is 0. The number of hydrogen-bond donors (Lipinski definition) is 2. The van der Waals surface area contributed by atoms with E-state index >= 15 is 0 Å². The Hall–Kier alpha value is -1.75. The Kier molecular flexibility index (Phi) is 7.74.